The molecule has 1 aliphatic carbocycles. The van der Waals surface area contributed by atoms with Gasteiger partial charge >= 0.3 is 0 Å². The Balaban J connectivity index is 1.52. The lowest BCUT2D eigenvalue weighted by Gasteiger charge is -2.28. The molecule has 1 aliphatic heterocycles. The minimum atomic E-state index is 0.271. The minimum absolute atomic E-state index is 0.271. The van der Waals surface area contributed by atoms with Crippen LogP contribution in [0.5, 0.6) is 0 Å². The van der Waals surface area contributed by atoms with Gasteiger partial charge in [-0.25, -0.2) is 0 Å². The Morgan fingerprint density at radius 3 is 2.58 bits per heavy atom. The number of carbonyl (C=O) groups is 1. The molecule has 1 N–H and O–H groups in total. The summed E-state index contributed by atoms with van der Waals surface area (Å²) in [6.45, 7) is 7.17. The first-order valence-electron chi connectivity index (χ1n) is 7.82. The zero-order chi connectivity index (χ0) is 13.5. The average Bonchev–Trinajstić information content (AvgIpc) is 2.46. The Morgan fingerprint density at radius 2 is 1.89 bits per heavy atom. The quantitative estimate of drug-likeness (QED) is 0.771. The smallest absolute Gasteiger partial charge is 0.224 e. The number of carbonyl (C=O) groups excluding carboxylic acids is 1. The molecule has 19 heavy (non-hydrogen) atoms. The largest absolute Gasteiger partial charge is 0.378 e. The lowest BCUT2D eigenvalue weighted by atomic mass is 9.83. The number of nitrogens with one attached hydrogen (secondary N) is 1. The first-order chi connectivity index (χ1) is 9.25. The minimum Gasteiger partial charge on any atom is -0.378 e. The molecule has 0 unspecified atom stereocenters. The van der Waals surface area contributed by atoms with Crippen molar-refractivity contribution in [2.45, 2.75) is 39.0 Å². The highest BCUT2D eigenvalue weighted by Crippen LogP contribution is 2.27. The fraction of sp³-hybridized carbons (Fsp3) is 0.933. The molecule has 0 aromatic heterocycles. The van der Waals surface area contributed by atoms with E-state index in [9.17, 15) is 4.79 Å². The van der Waals surface area contributed by atoms with Crippen LogP contribution in [0.25, 0.3) is 0 Å². The van der Waals surface area contributed by atoms with E-state index in [2.05, 4.69) is 12.2 Å². The third-order valence-corrected chi connectivity index (χ3v) is 4.45. The van der Waals surface area contributed by atoms with Crippen molar-refractivity contribution in [2.75, 3.05) is 39.4 Å². The lowest BCUT2D eigenvalue weighted by molar-refractivity contribution is -0.135. The van der Waals surface area contributed by atoms with Gasteiger partial charge in [-0.15, -0.1) is 0 Å². The van der Waals surface area contributed by atoms with E-state index < -0.39 is 0 Å². The Kier molecular flexibility index (Phi) is 6.11. The number of hydrogen-bond acceptors (Lipinski definition) is 3. The van der Waals surface area contributed by atoms with Crippen LogP contribution < -0.4 is 5.32 Å². The van der Waals surface area contributed by atoms with Crippen LogP contribution in [0.4, 0.5) is 0 Å². The number of ether oxygens (including phenoxy) is 1. The van der Waals surface area contributed by atoms with E-state index in [4.69, 9.17) is 4.74 Å². The fourth-order valence-corrected chi connectivity index (χ4v) is 3.01. The first kappa shape index (κ1) is 14.8. The van der Waals surface area contributed by atoms with E-state index in [0.29, 0.717) is 19.6 Å². The van der Waals surface area contributed by atoms with E-state index in [0.717, 1.165) is 38.0 Å². The van der Waals surface area contributed by atoms with Crippen molar-refractivity contribution < 1.29 is 9.53 Å². The van der Waals surface area contributed by atoms with Crippen molar-refractivity contribution in [1.29, 1.82) is 0 Å². The first-order valence-corrected chi connectivity index (χ1v) is 7.82. The summed E-state index contributed by atoms with van der Waals surface area (Å²) in [6, 6.07) is 0. The SMILES string of the molecule is CC1CCC(CNCCC(=O)N2CCOCC2)CC1. The normalized spacial score (nSPS) is 28.4. The maximum atomic E-state index is 11.9. The fourth-order valence-electron chi connectivity index (χ4n) is 3.01. The van der Waals surface area contributed by atoms with Gasteiger partial charge in [0.05, 0.1) is 13.2 Å². The zero-order valence-electron chi connectivity index (χ0n) is 12.2. The molecular formula is C15H28N2O2. The van der Waals surface area contributed by atoms with Crippen LogP contribution >= 0.6 is 0 Å². The molecular weight excluding hydrogens is 240 g/mol. The van der Waals surface area contributed by atoms with Gasteiger partial charge in [-0.05, 0) is 31.2 Å². The van der Waals surface area contributed by atoms with Crippen LogP contribution in [0.15, 0.2) is 0 Å². The van der Waals surface area contributed by atoms with Gasteiger partial charge in [-0.3, -0.25) is 4.79 Å². The Hall–Kier alpha value is -0.610. The predicted octanol–water partition coefficient (Wildman–Crippen LogP) is 1.65. The van der Waals surface area contributed by atoms with Crippen LogP contribution in [0.3, 0.4) is 0 Å². The summed E-state index contributed by atoms with van der Waals surface area (Å²) in [5, 5.41) is 3.46. The second-order valence-electron chi connectivity index (χ2n) is 6.07. The monoisotopic (exact) mass is 268 g/mol. The van der Waals surface area contributed by atoms with Crippen LogP contribution in [0, 0.1) is 11.8 Å². The molecule has 0 aromatic rings. The summed E-state index contributed by atoms with van der Waals surface area (Å²) >= 11 is 0. The highest BCUT2D eigenvalue weighted by atomic mass is 16.5. The number of amides is 1. The standard InChI is InChI=1S/C15H28N2O2/c1-13-2-4-14(5-3-13)12-16-7-6-15(18)17-8-10-19-11-9-17/h13-14,16H,2-12H2,1H3. The highest BCUT2D eigenvalue weighted by Gasteiger charge is 2.18. The maximum absolute atomic E-state index is 11.9. The van der Waals surface area contributed by atoms with Crippen molar-refractivity contribution >= 4 is 5.91 Å². The Morgan fingerprint density at radius 1 is 1.21 bits per heavy atom. The molecule has 4 heteroatoms. The van der Waals surface area contributed by atoms with Crippen LogP contribution in [0.1, 0.15) is 39.0 Å². The summed E-state index contributed by atoms with van der Waals surface area (Å²) in [7, 11) is 0. The van der Waals surface area contributed by atoms with Gasteiger partial charge in [0, 0.05) is 26.1 Å². The van der Waals surface area contributed by atoms with Crippen LogP contribution in [0.2, 0.25) is 0 Å². The van der Waals surface area contributed by atoms with Crippen LogP contribution in [-0.4, -0.2) is 50.2 Å². The summed E-state index contributed by atoms with van der Waals surface area (Å²) in [6.07, 6.45) is 6.08. The van der Waals surface area contributed by atoms with Gasteiger partial charge in [-0.2, -0.15) is 0 Å². The van der Waals surface area contributed by atoms with E-state index in [-0.39, 0.29) is 5.91 Å². The molecule has 0 spiro atoms. The molecule has 1 heterocycles. The highest BCUT2D eigenvalue weighted by molar-refractivity contribution is 5.76. The van der Waals surface area contributed by atoms with Gasteiger partial charge < -0.3 is 15.0 Å². The van der Waals surface area contributed by atoms with Gasteiger partial charge in [0.25, 0.3) is 0 Å². The average molecular weight is 268 g/mol. The van der Waals surface area contributed by atoms with Gasteiger partial charge in [0.2, 0.25) is 5.91 Å². The van der Waals surface area contributed by atoms with E-state index in [1.54, 1.807) is 0 Å². The summed E-state index contributed by atoms with van der Waals surface area (Å²) in [5.41, 5.74) is 0. The third kappa shape index (κ3) is 5.11. The Bertz CT molecular complexity index is 269. The molecule has 4 nitrogen and oxygen atoms in total. The van der Waals surface area contributed by atoms with Crippen LogP contribution in [-0.2, 0) is 9.53 Å². The molecule has 2 fully saturated rings. The molecule has 2 aliphatic rings. The zero-order valence-corrected chi connectivity index (χ0v) is 12.2. The molecule has 1 saturated carbocycles. The topological polar surface area (TPSA) is 41.6 Å². The molecule has 1 saturated heterocycles. The van der Waals surface area contributed by atoms with Gasteiger partial charge in [-0.1, -0.05) is 19.8 Å². The van der Waals surface area contributed by atoms with Crippen molar-refractivity contribution in [3.05, 3.63) is 0 Å². The molecule has 0 radical (unpaired) electrons. The van der Waals surface area contributed by atoms with Crippen molar-refractivity contribution in [1.82, 2.24) is 10.2 Å². The summed E-state index contributed by atoms with van der Waals surface area (Å²) in [5.74, 6) is 2.02. The van der Waals surface area contributed by atoms with E-state index in [1.807, 2.05) is 4.90 Å². The molecule has 0 aromatic carbocycles. The molecule has 0 atom stereocenters. The number of rotatable bonds is 5. The van der Waals surface area contributed by atoms with Crippen molar-refractivity contribution in [2.24, 2.45) is 11.8 Å². The summed E-state index contributed by atoms with van der Waals surface area (Å²) in [4.78, 5) is 13.8. The molecule has 2 rings (SSSR count). The predicted molar refractivity (Wildman–Crippen MR) is 76.0 cm³/mol. The molecule has 0 bridgehead atoms. The van der Waals surface area contributed by atoms with Gasteiger partial charge in [0.15, 0.2) is 0 Å². The second kappa shape index (κ2) is 7.85. The molecule has 110 valence electrons. The Labute approximate surface area is 116 Å². The summed E-state index contributed by atoms with van der Waals surface area (Å²) < 4.78 is 5.25. The maximum Gasteiger partial charge on any atom is 0.224 e. The van der Waals surface area contributed by atoms with E-state index in [1.165, 1.54) is 25.7 Å². The van der Waals surface area contributed by atoms with Gasteiger partial charge in [0.1, 0.15) is 0 Å². The number of morpholine rings is 1. The van der Waals surface area contributed by atoms with Crippen molar-refractivity contribution in [3.63, 3.8) is 0 Å². The molecule has 1 amide bonds. The van der Waals surface area contributed by atoms with Crippen molar-refractivity contribution in [3.8, 4) is 0 Å². The number of hydrogen-bond donors (Lipinski definition) is 1. The lowest BCUT2D eigenvalue weighted by Crippen LogP contribution is -2.41. The third-order valence-electron chi connectivity index (χ3n) is 4.45. The van der Waals surface area contributed by atoms with E-state index >= 15 is 0 Å². The second-order valence-corrected chi connectivity index (χ2v) is 6.07. The number of nitrogens with zero attached hydrogens (tertiary/aromatic N) is 1.